The molecule has 0 aromatic rings. The fraction of sp³-hybridized carbons (Fsp3) is 0.727. The SMILES string of the molecule is C=CC(=O)OC.CO.COC(=O)CCCCC(=O)CCC(=O)OC.COC(=O)CCCCC(O)CCC(=O)OC.O=C1CCCCC1[N+](=O)[O-]. The van der Waals surface area contributed by atoms with Crippen LogP contribution in [0.15, 0.2) is 12.7 Å². The topological polar surface area (TPSA) is 249 Å². The zero-order valence-corrected chi connectivity index (χ0v) is 30.3. The Morgan fingerprint density at radius 2 is 1.20 bits per heavy atom. The van der Waals surface area contributed by atoms with Gasteiger partial charge in [0, 0.05) is 63.1 Å². The quantitative estimate of drug-likeness (QED) is 0.0515. The van der Waals surface area contributed by atoms with Gasteiger partial charge in [-0.1, -0.05) is 13.0 Å². The molecular weight excluding hydrogens is 666 g/mol. The van der Waals surface area contributed by atoms with Crippen LogP contribution in [0, 0.1) is 10.1 Å². The van der Waals surface area contributed by atoms with Crippen LogP contribution in [0.5, 0.6) is 0 Å². The molecule has 0 aliphatic heterocycles. The van der Waals surface area contributed by atoms with Crippen LogP contribution >= 0.6 is 0 Å². The van der Waals surface area contributed by atoms with Gasteiger partial charge in [-0.25, -0.2) is 4.79 Å². The molecule has 0 radical (unpaired) electrons. The molecule has 0 bridgehead atoms. The van der Waals surface area contributed by atoms with E-state index in [0.717, 1.165) is 32.4 Å². The van der Waals surface area contributed by atoms with Gasteiger partial charge in [0.05, 0.1) is 48.1 Å². The van der Waals surface area contributed by atoms with Gasteiger partial charge in [0.15, 0.2) is 0 Å². The van der Waals surface area contributed by atoms with Crippen molar-refractivity contribution in [3.63, 3.8) is 0 Å². The first kappa shape index (κ1) is 52.6. The second kappa shape index (κ2) is 37.6. The van der Waals surface area contributed by atoms with E-state index in [0.29, 0.717) is 64.2 Å². The average molecular weight is 724 g/mol. The minimum absolute atomic E-state index is 0.0234. The van der Waals surface area contributed by atoms with Crippen molar-refractivity contribution >= 4 is 41.4 Å². The molecule has 1 aliphatic rings. The lowest BCUT2D eigenvalue weighted by Crippen LogP contribution is -2.32. The van der Waals surface area contributed by atoms with E-state index in [1.54, 1.807) is 0 Å². The minimum atomic E-state index is -0.895. The number of ether oxygens (including phenoxy) is 5. The Kier molecular flexibility index (Phi) is 39.5. The molecule has 0 aromatic carbocycles. The van der Waals surface area contributed by atoms with Gasteiger partial charge < -0.3 is 33.9 Å². The predicted molar refractivity (Wildman–Crippen MR) is 179 cm³/mol. The highest BCUT2D eigenvalue weighted by Gasteiger charge is 2.31. The van der Waals surface area contributed by atoms with Crippen LogP contribution in [0.25, 0.3) is 0 Å². The van der Waals surface area contributed by atoms with Gasteiger partial charge in [-0.05, 0) is 44.9 Å². The molecule has 0 aromatic heterocycles. The predicted octanol–water partition coefficient (Wildman–Crippen LogP) is 3.00. The number of nitro groups is 1. The Morgan fingerprint density at radius 1 is 0.740 bits per heavy atom. The highest BCUT2D eigenvalue weighted by atomic mass is 16.6. The Hall–Kier alpha value is -4.25. The van der Waals surface area contributed by atoms with Crippen LogP contribution in [-0.2, 0) is 57.2 Å². The van der Waals surface area contributed by atoms with E-state index in [2.05, 4.69) is 30.3 Å². The van der Waals surface area contributed by atoms with Crippen molar-refractivity contribution in [2.75, 3.05) is 42.7 Å². The normalized spacial score (nSPS) is 13.1. The molecule has 17 nitrogen and oxygen atoms in total. The number of hydrogen-bond acceptors (Lipinski definition) is 16. The average Bonchev–Trinajstić information content (AvgIpc) is 3.13. The van der Waals surface area contributed by atoms with E-state index in [-0.39, 0.29) is 54.7 Å². The molecule has 0 saturated heterocycles. The molecule has 1 saturated carbocycles. The van der Waals surface area contributed by atoms with Gasteiger partial charge in [-0.2, -0.15) is 0 Å². The fourth-order valence-electron chi connectivity index (χ4n) is 3.72. The van der Waals surface area contributed by atoms with E-state index >= 15 is 0 Å². The second-order valence-electron chi connectivity index (χ2n) is 10.2. The molecule has 2 atom stereocenters. The Balaban J connectivity index is -0.000000291. The maximum atomic E-state index is 11.3. The number of aliphatic hydroxyl groups is 2. The summed E-state index contributed by atoms with van der Waals surface area (Å²) >= 11 is 0. The number of unbranched alkanes of at least 4 members (excludes halogenated alkanes) is 2. The number of ketones is 2. The summed E-state index contributed by atoms with van der Waals surface area (Å²) in [5.41, 5.74) is 0. The molecule has 1 aliphatic carbocycles. The minimum Gasteiger partial charge on any atom is -0.469 e. The van der Waals surface area contributed by atoms with E-state index in [9.17, 15) is 48.8 Å². The van der Waals surface area contributed by atoms with E-state index in [1.165, 1.54) is 35.5 Å². The van der Waals surface area contributed by atoms with Crippen LogP contribution in [0.2, 0.25) is 0 Å². The zero-order chi connectivity index (χ0) is 39.3. The van der Waals surface area contributed by atoms with Gasteiger partial charge in [-0.15, -0.1) is 0 Å². The van der Waals surface area contributed by atoms with Crippen LogP contribution in [-0.4, -0.2) is 111 Å². The molecule has 0 amide bonds. The van der Waals surface area contributed by atoms with Crippen LogP contribution in [0.1, 0.15) is 103 Å². The number of carbonyl (C=O) groups is 7. The summed E-state index contributed by atoms with van der Waals surface area (Å²) in [4.78, 5) is 84.6. The smallest absolute Gasteiger partial charge is 0.329 e. The van der Waals surface area contributed by atoms with Crippen molar-refractivity contribution in [3.05, 3.63) is 22.8 Å². The van der Waals surface area contributed by atoms with Gasteiger partial charge in [0.1, 0.15) is 5.78 Å². The van der Waals surface area contributed by atoms with Crippen molar-refractivity contribution in [3.8, 4) is 0 Å². The Morgan fingerprint density at radius 3 is 1.60 bits per heavy atom. The summed E-state index contributed by atoms with van der Waals surface area (Å²) in [6, 6.07) is -0.895. The maximum absolute atomic E-state index is 11.3. The molecule has 1 fully saturated rings. The van der Waals surface area contributed by atoms with Gasteiger partial charge in [0.25, 0.3) is 6.04 Å². The number of aliphatic hydroxyl groups excluding tert-OH is 2. The van der Waals surface area contributed by atoms with Crippen LogP contribution in [0.4, 0.5) is 0 Å². The number of nitrogens with zero attached hydrogens (tertiary/aromatic N) is 1. The summed E-state index contributed by atoms with van der Waals surface area (Å²) in [5.74, 6) is -1.75. The first-order valence-electron chi connectivity index (χ1n) is 16.0. The molecule has 1 rings (SSSR count). The summed E-state index contributed by atoms with van der Waals surface area (Å²) in [5, 5.41) is 26.6. The first-order valence-corrected chi connectivity index (χ1v) is 16.0. The molecule has 50 heavy (non-hydrogen) atoms. The molecule has 290 valence electrons. The number of carbonyl (C=O) groups excluding carboxylic acids is 7. The van der Waals surface area contributed by atoms with Crippen LogP contribution in [0.3, 0.4) is 0 Å². The number of hydrogen-bond donors (Lipinski definition) is 2. The summed E-state index contributed by atoms with van der Waals surface area (Å²) in [6.07, 6.45) is 8.49. The van der Waals surface area contributed by atoms with Crippen molar-refractivity contribution < 1.29 is 72.4 Å². The molecule has 0 spiro atoms. The maximum Gasteiger partial charge on any atom is 0.329 e. The zero-order valence-electron chi connectivity index (χ0n) is 30.3. The summed E-state index contributed by atoms with van der Waals surface area (Å²) < 4.78 is 22.0. The van der Waals surface area contributed by atoms with Crippen LogP contribution < -0.4 is 0 Å². The highest BCUT2D eigenvalue weighted by molar-refractivity contribution is 5.83. The number of methoxy groups -OCH3 is 5. The van der Waals surface area contributed by atoms with Crippen molar-refractivity contribution in [1.29, 1.82) is 0 Å². The lowest BCUT2D eigenvalue weighted by atomic mass is 9.95. The van der Waals surface area contributed by atoms with E-state index in [1.807, 2.05) is 0 Å². The fourth-order valence-corrected chi connectivity index (χ4v) is 3.72. The van der Waals surface area contributed by atoms with Gasteiger partial charge in [0.2, 0.25) is 5.78 Å². The third-order valence-electron chi connectivity index (χ3n) is 6.60. The molecule has 17 heteroatoms. The van der Waals surface area contributed by atoms with E-state index < -0.39 is 23.0 Å². The number of rotatable bonds is 18. The third-order valence-corrected chi connectivity index (χ3v) is 6.60. The Labute approximate surface area is 294 Å². The summed E-state index contributed by atoms with van der Waals surface area (Å²) in [7, 11) is 7.62. The van der Waals surface area contributed by atoms with Gasteiger partial charge in [-0.3, -0.25) is 38.9 Å². The van der Waals surface area contributed by atoms with Gasteiger partial charge >= 0.3 is 29.8 Å². The molecule has 0 heterocycles. The first-order chi connectivity index (χ1) is 23.7. The monoisotopic (exact) mass is 723 g/mol. The number of esters is 5. The van der Waals surface area contributed by atoms with Crippen molar-refractivity contribution in [2.45, 2.75) is 115 Å². The molecular formula is C33H57NO16. The lowest BCUT2D eigenvalue weighted by molar-refractivity contribution is -0.509. The molecule has 2 unspecified atom stereocenters. The number of Topliss-reactive ketones (excluding diaryl/α,β-unsaturated/α-hetero) is 2. The highest BCUT2D eigenvalue weighted by Crippen LogP contribution is 2.16. The van der Waals surface area contributed by atoms with E-state index in [4.69, 9.17) is 5.11 Å². The largest absolute Gasteiger partial charge is 0.469 e. The second-order valence-corrected chi connectivity index (χ2v) is 10.2. The standard InChI is InChI=1S/C11H20O5.C11H18O5.C6H9NO3.C4H6O2.CH4O/c2*1-15-10(13)6-4-3-5-9(12)7-8-11(14)16-2;8-6-4-2-1-3-5(6)7(9)10;1-3-4(5)6-2;1-2/h9,12H,3-8H2,1-2H3;3-8H2,1-2H3;5H,1-4H2;3H,1H2,2H3;2H,1H3. The lowest BCUT2D eigenvalue weighted by Gasteiger charge is -2.12. The van der Waals surface area contributed by atoms with Crippen molar-refractivity contribution in [2.24, 2.45) is 0 Å². The third kappa shape index (κ3) is 36.6. The molecule has 2 N–H and O–H groups in total. The summed E-state index contributed by atoms with van der Waals surface area (Å²) in [6.45, 7) is 3.16. The van der Waals surface area contributed by atoms with Crippen molar-refractivity contribution in [1.82, 2.24) is 0 Å². The Bertz CT molecular complexity index is 998.